The van der Waals surface area contributed by atoms with Gasteiger partial charge in [0.05, 0.1) is 13.2 Å². The van der Waals surface area contributed by atoms with E-state index in [9.17, 15) is 9.18 Å². The summed E-state index contributed by atoms with van der Waals surface area (Å²) in [4.78, 5) is 14.6. The van der Waals surface area contributed by atoms with Crippen LogP contribution >= 0.6 is 0 Å². The van der Waals surface area contributed by atoms with E-state index < -0.39 is 0 Å². The van der Waals surface area contributed by atoms with E-state index in [0.29, 0.717) is 18.4 Å². The van der Waals surface area contributed by atoms with E-state index in [4.69, 9.17) is 4.74 Å². The second-order valence-corrected chi connectivity index (χ2v) is 6.22. The first kappa shape index (κ1) is 16.6. The zero-order valence-electron chi connectivity index (χ0n) is 14.2. The van der Waals surface area contributed by atoms with Crippen molar-refractivity contribution < 1.29 is 13.9 Å². The van der Waals surface area contributed by atoms with E-state index in [2.05, 4.69) is 10.6 Å². The molecule has 1 saturated heterocycles. The largest absolute Gasteiger partial charge is 0.494 e. The van der Waals surface area contributed by atoms with E-state index in [1.807, 2.05) is 24.2 Å². The number of hydrogen-bond donors (Lipinski definition) is 0. The molecule has 5 heteroatoms. The summed E-state index contributed by atoms with van der Waals surface area (Å²) in [5.74, 6) is -0.0584. The average molecular weight is 330 g/mol. The monoisotopic (exact) mass is 330 g/mol. The highest BCUT2D eigenvalue weighted by Crippen LogP contribution is 2.32. The lowest BCUT2D eigenvalue weighted by atomic mass is 10.1. The fourth-order valence-corrected chi connectivity index (χ4v) is 3.49. The number of rotatable bonds is 5. The summed E-state index contributed by atoms with van der Waals surface area (Å²) in [5, 5.41) is 0. The van der Waals surface area contributed by atoms with E-state index in [1.54, 1.807) is 18.2 Å². The average Bonchev–Trinajstić information content (AvgIpc) is 3.22. The van der Waals surface area contributed by atoms with Gasteiger partial charge in [0.25, 0.3) is 0 Å². The summed E-state index contributed by atoms with van der Waals surface area (Å²) in [6.45, 7) is 0.773. The molecule has 1 atom stereocenters. The molecule has 4 nitrogen and oxygen atoms in total. The molecule has 128 valence electrons. The number of carbonyl (C=O) groups excluding carboxylic acids is 1. The molecule has 0 N–H and O–H groups in total. The van der Waals surface area contributed by atoms with E-state index in [-0.39, 0.29) is 23.5 Å². The van der Waals surface area contributed by atoms with Gasteiger partial charge in [-0.1, -0.05) is 12.1 Å². The van der Waals surface area contributed by atoms with Gasteiger partial charge in [-0.2, -0.15) is 0 Å². The topological polar surface area (TPSA) is 34.5 Å². The first-order chi connectivity index (χ1) is 11.6. The minimum absolute atomic E-state index is 0.0842. The molecule has 2 aromatic rings. The maximum absolute atomic E-state index is 14.2. The summed E-state index contributed by atoms with van der Waals surface area (Å²) in [6.07, 6.45) is 4.69. The number of aromatic nitrogens is 1. The smallest absolute Gasteiger partial charge is 0.223 e. The number of benzene rings is 1. The minimum atomic E-state index is -0.367. The number of likely N-dealkylation sites (tertiary alicyclic amines) is 1. The first-order valence-corrected chi connectivity index (χ1v) is 8.34. The maximum atomic E-state index is 14.2. The third kappa shape index (κ3) is 3.16. The fraction of sp³-hybridized carbons (Fsp3) is 0.421. The van der Waals surface area contributed by atoms with E-state index in [0.717, 1.165) is 25.1 Å². The third-order valence-corrected chi connectivity index (χ3v) is 4.77. The van der Waals surface area contributed by atoms with Crippen LogP contribution in [-0.2, 0) is 18.3 Å². The van der Waals surface area contributed by atoms with Crippen molar-refractivity contribution >= 4 is 5.91 Å². The second-order valence-electron chi connectivity index (χ2n) is 6.22. The van der Waals surface area contributed by atoms with E-state index in [1.165, 1.54) is 7.11 Å². The molecule has 1 fully saturated rings. The number of methoxy groups -OCH3 is 1. The van der Waals surface area contributed by atoms with Crippen LogP contribution in [0.3, 0.4) is 0 Å². The Hall–Kier alpha value is -2.30. The second kappa shape index (κ2) is 7.07. The maximum Gasteiger partial charge on any atom is 0.223 e. The number of ether oxygens (including phenoxy) is 1. The summed E-state index contributed by atoms with van der Waals surface area (Å²) in [7, 11) is 3.45. The van der Waals surface area contributed by atoms with Crippen molar-refractivity contribution in [2.45, 2.75) is 31.7 Å². The van der Waals surface area contributed by atoms with Gasteiger partial charge in [-0.15, -0.1) is 0 Å². The molecule has 3 rings (SSSR count). The fourth-order valence-electron chi connectivity index (χ4n) is 3.49. The zero-order chi connectivity index (χ0) is 17.1. The molecule has 1 aliphatic heterocycles. The number of aryl methyl sites for hydroxylation is 2. The molecule has 0 radical (unpaired) electrons. The van der Waals surface area contributed by atoms with Gasteiger partial charge in [-0.3, -0.25) is 4.79 Å². The quantitative estimate of drug-likeness (QED) is 0.841. The Kier molecular flexibility index (Phi) is 4.88. The molecule has 1 aromatic heterocycles. The van der Waals surface area contributed by atoms with Crippen LogP contribution in [0.15, 0.2) is 36.5 Å². The van der Waals surface area contributed by atoms with Gasteiger partial charge in [0, 0.05) is 31.9 Å². The lowest BCUT2D eigenvalue weighted by molar-refractivity contribution is -0.132. The standard InChI is InChI=1S/C19H23FN2O2/c1-21-12-4-7-15(21)16-8-5-13-22(16)18(23)11-10-14-6-3-9-17(24-2)19(14)20/h3-4,6-7,9,12,16H,5,8,10-11,13H2,1-2H3. The number of hydrogen-bond acceptors (Lipinski definition) is 2. The zero-order valence-corrected chi connectivity index (χ0v) is 14.2. The molecule has 24 heavy (non-hydrogen) atoms. The van der Waals surface area contributed by atoms with Crippen molar-refractivity contribution in [1.29, 1.82) is 0 Å². The van der Waals surface area contributed by atoms with Gasteiger partial charge < -0.3 is 14.2 Å². The number of amides is 1. The SMILES string of the molecule is COc1cccc(CCC(=O)N2CCCC2c2cccn2C)c1F. The van der Waals surface area contributed by atoms with Gasteiger partial charge in [0.2, 0.25) is 5.91 Å². The Balaban J connectivity index is 1.68. The lowest BCUT2D eigenvalue weighted by Gasteiger charge is -2.25. The normalized spacial score (nSPS) is 17.3. The van der Waals surface area contributed by atoms with Crippen molar-refractivity contribution in [2.75, 3.05) is 13.7 Å². The summed E-state index contributed by atoms with van der Waals surface area (Å²) in [5.41, 5.74) is 1.69. The van der Waals surface area contributed by atoms with Crippen molar-refractivity contribution in [3.8, 4) is 5.75 Å². The van der Waals surface area contributed by atoms with Crippen molar-refractivity contribution in [2.24, 2.45) is 7.05 Å². The van der Waals surface area contributed by atoms with Crippen LogP contribution in [0.1, 0.15) is 36.6 Å². The molecular weight excluding hydrogens is 307 g/mol. The summed E-state index contributed by atoms with van der Waals surface area (Å²) >= 11 is 0. The Morgan fingerprint density at radius 2 is 2.17 bits per heavy atom. The minimum Gasteiger partial charge on any atom is -0.494 e. The first-order valence-electron chi connectivity index (χ1n) is 8.34. The van der Waals surface area contributed by atoms with Gasteiger partial charge in [-0.05, 0) is 43.0 Å². The van der Waals surface area contributed by atoms with Gasteiger partial charge in [0.15, 0.2) is 11.6 Å². The Morgan fingerprint density at radius 3 is 2.88 bits per heavy atom. The van der Waals surface area contributed by atoms with Crippen LogP contribution < -0.4 is 4.74 Å². The van der Waals surface area contributed by atoms with Gasteiger partial charge in [0.1, 0.15) is 0 Å². The lowest BCUT2D eigenvalue weighted by Crippen LogP contribution is -2.31. The third-order valence-electron chi connectivity index (χ3n) is 4.77. The molecule has 0 spiro atoms. The summed E-state index contributed by atoms with van der Waals surface area (Å²) in [6, 6.07) is 9.26. The van der Waals surface area contributed by atoms with Crippen LogP contribution in [-0.4, -0.2) is 29.0 Å². The molecule has 1 unspecified atom stereocenters. The molecule has 2 heterocycles. The Morgan fingerprint density at radius 1 is 1.33 bits per heavy atom. The van der Waals surface area contributed by atoms with Crippen molar-refractivity contribution in [3.63, 3.8) is 0 Å². The highest BCUT2D eigenvalue weighted by molar-refractivity contribution is 5.77. The molecular formula is C19H23FN2O2. The Bertz CT molecular complexity index is 726. The van der Waals surface area contributed by atoms with E-state index >= 15 is 0 Å². The summed E-state index contributed by atoms with van der Waals surface area (Å²) < 4.78 is 21.3. The molecule has 0 bridgehead atoms. The van der Waals surface area contributed by atoms with Gasteiger partial charge >= 0.3 is 0 Å². The van der Waals surface area contributed by atoms with Crippen molar-refractivity contribution in [1.82, 2.24) is 9.47 Å². The predicted molar refractivity (Wildman–Crippen MR) is 90.4 cm³/mol. The number of nitrogens with zero attached hydrogens (tertiary/aromatic N) is 2. The highest BCUT2D eigenvalue weighted by Gasteiger charge is 2.31. The molecule has 1 aromatic carbocycles. The number of halogens is 1. The molecule has 0 saturated carbocycles. The molecule has 1 aliphatic rings. The highest BCUT2D eigenvalue weighted by atomic mass is 19.1. The van der Waals surface area contributed by atoms with Crippen LogP contribution in [0.4, 0.5) is 4.39 Å². The molecule has 0 aliphatic carbocycles. The molecule has 1 amide bonds. The van der Waals surface area contributed by atoms with Crippen LogP contribution in [0.5, 0.6) is 5.75 Å². The number of carbonyl (C=O) groups is 1. The van der Waals surface area contributed by atoms with Crippen LogP contribution in [0.2, 0.25) is 0 Å². The van der Waals surface area contributed by atoms with Crippen molar-refractivity contribution in [3.05, 3.63) is 53.6 Å². The van der Waals surface area contributed by atoms with Crippen LogP contribution in [0.25, 0.3) is 0 Å². The van der Waals surface area contributed by atoms with Crippen LogP contribution in [0, 0.1) is 5.82 Å². The van der Waals surface area contributed by atoms with Gasteiger partial charge in [-0.25, -0.2) is 4.39 Å². The predicted octanol–water partition coefficient (Wildman–Crippen LogP) is 3.47. The Labute approximate surface area is 141 Å².